The highest BCUT2D eigenvalue weighted by molar-refractivity contribution is 5.70. The van der Waals surface area contributed by atoms with Gasteiger partial charge in [0.2, 0.25) is 0 Å². The van der Waals surface area contributed by atoms with E-state index >= 15 is 0 Å². The summed E-state index contributed by atoms with van der Waals surface area (Å²) in [7, 11) is 0. The predicted octanol–water partition coefficient (Wildman–Crippen LogP) is 2.98. The number of benzene rings is 1. The molecule has 0 aliphatic rings. The van der Waals surface area contributed by atoms with Gasteiger partial charge in [0.25, 0.3) is 0 Å². The van der Waals surface area contributed by atoms with Crippen molar-refractivity contribution >= 4 is 17.8 Å². The monoisotopic (exact) mass is 297 g/mol. The second-order valence-corrected chi connectivity index (χ2v) is 5.19. The lowest BCUT2D eigenvalue weighted by Gasteiger charge is -2.20. The molecule has 0 unspecified atom stereocenters. The molecule has 0 aliphatic heterocycles. The fourth-order valence-electron chi connectivity index (χ4n) is 2.42. The summed E-state index contributed by atoms with van der Waals surface area (Å²) >= 11 is 0. The maximum atomic E-state index is 8.90. The first-order valence-electron chi connectivity index (χ1n) is 7.90. The molecule has 0 spiro atoms. The van der Waals surface area contributed by atoms with Gasteiger partial charge in [-0.1, -0.05) is 24.3 Å². The van der Waals surface area contributed by atoms with Crippen molar-refractivity contribution in [1.29, 1.82) is 0 Å². The van der Waals surface area contributed by atoms with Gasteiger partial charge in [0.15, 0.2) is 18.9 Å². The lowest BCUT2D eigenvalue weighted by molar-refractivity contribution is -0.698. The maximum Gasteiger partial charge on any atom is 0.171 e. The van der Waals surface area contributed by atoms with E-state index in [-0.39, 0.29) is 6.61 Å². The fourth-order valence-corrected chi connectivity index (χ4v) is 2.42. The summed E-state index contributed by atoms with van der Waals surface area (Å²) in [5, 5.41) is 8.90. The Bertz CT molecular complexity index is 584. The summed E-state index contributed by atoms with van der Waals surface area (Å²) in [5.41, 5.74) is 3.62. The molecular weight excluding hydrogens is 272 g/mol. The van der Waals surface area contributed by atoms with E-state index < -0.39 is 0 Å². The summed E-state index contributed by atoms with van der Waals surface area (Å²) in [6, 6.07) is 12.8. The molecule has 0 fully saturated rings. The van der Waals surface area contributed by atoms with E-state index in [1.807, 2.05) is 17.0 Å². The van der Waals surface area contributed by atoms with E-state index in [0.717, 1.165) is 18.7 Å². The topological polar surface area (TPSA) is 27.4 Å². The van der Waals surface area contributed by atoms with Gasteiger partial charge in [-0.3, -0.25) is 0 Å². The Morgan fingerprint density at radius 3 is 1.95 bits per heavy atom. The number of nitrogens with zero attached hydrogens (tertiary/aromatic N) is 2. The Labute approximate surface area is 133 Å². The molecular formula is C19H25N2O+. The van der Waals surface area contributed by atoms with E-state index in [2.05, 4.69) is 67.3 Å². The highest BCUT2D eigenvalue weighted by Gasteiger charge is 2.00. The Kier molecular flexibility index (Phi) is 6.16. The second kappa shape index (κ2) is 8.35. The van der Waals surface area contributed by atoms with Crippen molar-refractivity contribution in [3.63, 3.8) is 0 Å². The van der Waals surface area contributed by atoms with Crippen LogP contribution in [0.5, 0.6) is 0 Å². The Hall–Kier alpha value is -2.13. The Morgan fingerprint density at radius 2 is 1.45 bits per heavy atom. The van der Waals surface area contributed by atoms with Crippen molar-refractivity contribution in [1.82, 2.24) is 0 Å². The number of anilines is 1. The van der Waals surface area contributed by atoms with E-state index in [4.69, 9.17) is 5.11 Å². The molecule has 1 aromatic carbocycles. The third-order valence-corrected chi connectivity index (χ3v) is 3.77. The van der Waals surface area contributed by atoms with Crippen LogP contribution in [0.25, 0.3) is 12.2 Å². The van der Waals surface area contributed by atoms with Crippen LogP contribution in [-0.4, -0.2) is 24.8 Å². The maximum absolute atomic E-state index is 8.90. The Morgan fingerprint density at radius 1 is 0.909 bits per heavy atom. The van der Waals surface area contributed by atoms with Crippen LogP contribution in [0.15, 0.2) is 48.8 Å². The molecule has 0 aliphatic carbocycles. The van der Waals surface area contributed by atoms with Crippen molar-refractivity contribution in [2.24, 2.45) is 0 Å². The van der Waals surface area contributed by atoms with Crippen LogP contribution < -0.4 is 9.47 Å². The highest BCUT2D eigenvalue weighted by atomic mass is 16.3. The van der Waals surface area contributed by atoms with Gasteiger partial charge >= 0.3 is 0 Å². The molecule has 1 N–H and O–H groups in total. The van der Waals surface area contributed by atoms with Crippen molar-refractivity contribution < 1.29 is 9.67 Å². The molecule has 0 radical (unpaired) electrons. The number of aromatic nitrogens is 1. The summed E-state index contributed by atoms with van der Waals surface area (Å²) in [6.07, 6.45) is 8.20. The van der Waals surface area contributed by atoms with Gasteiger partial charge in [0.1, 0.15) is 6.61 Å². The number of rotatable bonds is 7. The minimum atomic E-state index is 0.165. The number of hydrogen-bond donors (Lipinski definition) is 1. The first-order valence-corrected chi connectivity index (χ1v) is 7.90. The fraction of sp³-hybridized carbons (Fsp3) is 0.316. The zero-order valence-corrected chi connectivity index (χ0v) is 13.4. The zero-order valence-electron chi connectivity index (χ0n) is 13.4. The van der Waals surface area contributed by atoms with Gasteiger partial charge in [-0.25, -0.2) is 4.57 Å². The highest BCUT2D eigenvalue weighted by Crippen LogP contribution is 2.16. The molecule has 116 valence electrons. The van der Waals surface area contributed by atoms with Crippen LogP contribution in [0.4, 0.5) is 5.69 Å². The molecule has 3 heteroatoms. The molecule has 0 saturated carbocycles. The zero-order chi connectivity index (χ0) is 15.8. The van der Waals surface area contributed by atoms with Gasteiger partial charge in [-0.05, 0) is 37.1 Å². The SMILES string of the molecule is CCN(CC)c1ccc(C=Cc2cc[n+](CCO)cc2)cc1. The molecule has 2 rings (SSSR count). The number of hydrogen-bond acceptors (Lipinski definition) is 2. The lowest BCUT2D eigenvalue weighted by Crippen LogP contribution is -2.34. The van der Waals surface area contributed by atoms with Crippen LogP contribution in [0.2, 0.25) is 0 Å². The average molecular weight is 297 g/mol. The lowest BCUT2D eigenvalue weighted by atomic mass is 10.1. The quantitative estimate of drug-likeness (QED) is 0.796. The number of aliphatic hydroxyl groups is 1. The predicted molar refractivity (Wildman–Crippen MR) is 92.7 cm³/mol. The third-order valence-electron chi connectivity index (χ3n) is 3.77. The Balaban J connectivity index is 2.03. The molecule has 0 atom stereocenters. The van der Waals surface area contributed by atoms with Crippen molar-refractivity contribution in [2.75, 3.05) is 24.6 Å². The van der Waals surface area contributed by atoms with E-state index in [1.54, 1.807) is 0 Å². The summed E-state index contributed by atoms with van der Waals surface area (Å²) in [4.78, 5) is 2.34. The van der Waals surface area contributed by atoms with Crippen LogP contribution >= 0.6 is 0 Å². The summed E-state index contributed by atoms with van der Waals surface area (Å²) in [6.45, 7) is 7.22. The van der Waals surface area contributed by atoms with Gasteiger partial charge in [-0.2, -0.15) is 0 Å². The third kappa shape index (κ3) is 4.43. The average Bonchev–Trinajstić information content (AvgIpc) is 2.57. The van der Waals surface area contributed by atoms with Gasteiger partial charge in [0.05, 0.1) is 0 Å². The van der Waals surface area contributed by atoms with Gasteiger partial charge in [0, 0.05) is 30.9 Å². The van der Waals surface area contributed by atoms with E-state index in [0.29, 0.717) is 6.54 Å². The normalized spacial score (nSPS) is 11.0. The standard InChI is InChI=1S/C19H25N2O/c1-3-21(4-2)19-9-7-17(8-10-19)5-6-18-11-13-20(14-12-18)15-16-22/h5-14,22H,3-4,15-16H2,1-2H3/q+1. The largest absolute Gasteiger partial charge is 0.390 e. The molecule has 1 heterocycles. The van der Waals surface area contributed by atoms with E-state index in [1.165, 1.54) is 11.3 Å². The smallest absolute Gasteiger partial charge is 0.171 e. The molecule has 2 aromatic rings. The minimum Gasteiger partial charge on any atom is -0.390 e. The molecule has 1 aromatic heterocycles. The van der Waals surface area contributed by atoms with Crippen molar-refractivity contribution in [3.05, 3.63) is 59.9 Å². The number of aliphatic hydroxyl groups excluding tert-OH is 1. The summed E-state index contributed by atoms with van der Waals surface area (Å²) in [5.74, 6) is 0. The molecule has 0 amide bonds. The first-order chi connectivity index (χ1) is 10.8. The molecule has 3 nitrogen and oxygen atoms in total. The molecule has 0 bridgehead atoms. The molecule has 0 saturated heterocycles. The number of pyridine rings is 1. The van der Waals surface area contributed by atoms with E-state index in [9.17, 15) is 0 Å². The van der Waals surface area contributed by atoms with Crippen LogP contribution in [0.3, 0.4) is 0 Å². The van der Waals surface area contributed by atoms with Gasteiger partial charge < -0.3 is 10.0 Å². The minimum absolute atomic E-state index is 0.165. The first kappa shape index (κ1) is 16.2. The molecule has 22 heavy (non-hydrogen) atoms. The van der Waals surface area contributed by atoms with Crippen molar-refractivity contribution in [3.8, 4) is 0 Å². The second-order valence-electron chi connectivity index (χ2n) is 5.19. The van der Waals surface area contributed by atoms with Crippen LogP contribution in [-0.2, 0) is 6.54 Å². The van der Waals surface area contributed by atoms with Crippen molar-refractivity contribution in [2.45, 2.75) is 20.4 Å². The summed E-state index contributed by atoms with van der Waals surface area (Å²) < 4.78 is 1.97. The van der Waals surface area contributed by atoms with Crippen LogP contribution in [0, 0.1) is 0 Å². The van der Waals surface area contributed by atoms with Crippen LogP contribution in [0.1, 0.15) is 25.0 Å². The van der Waals surface area contributed by atoms with Gasteiger partial charge in [-0.15, -0.1) is 0 Å².